The second kappa shape index (κ2) is 5.49. The minimum absolute atomic E-state index is 0.688. The first-order valence-corrected chi connectivity index (χ1v) is 6.78. The first kappa shape index (κ1) is 12.4. The van der Waals surface area contributed by atoms with Crippen molar-refractivity contribution in [1.29, 1.82) is 0 Å². The zero-order valence-corrected chi connectivity index (χ0v) is 11.7. The third-order valence-electron chi connectivity index (χ3n) is 3.00. The molecule has 17 heavy (non-hydrogen) atoms. The Morgan fingerprint density at radius 2 is 2.12 bits per heavy atom. The Morgan fingerprint density at radius 3 is 2.82 bits per heavy atom. The van der Waals surface area contributed by atoms with Crippen LogP contribution in [0.1, 0.15) is 26.7 Å². The van der Waals surface area contributed by atoms with Crippen LogP contribution in [0.15, 0.2) is 22.8 Å². The standard InChI is InChI=1S/C12H17BrN4/c1-3-9(4-2)7-14-12-15-11-6-5-10(13)8-17(11)16-12/h5-6,8-9H,3-4,7H2,1-2H3,(H,14,16). The normalized spacial score (nSPS) is 11.3. The van der Waals surface area contributed by atoms with Crippen LogP contribution in [0.3, 0.4) is 0 Å². The summed E-state index contributed by atoms with van der Waals surface area (Å²) in [5.41, 5.74) is 0.861. The number of anilines is 1. The van der Waals surface area contributed by atoms with E-state index >= 15 is 0 Å². The molecule has 0 saturated carbocycles. The molecule has 2 rings (SSSR count). The quantitative estimate of drug-likeness (QED) is 0.920. The Labute approximate surface area is 110 Å². The number of nitrogens with zero attached hydrogens (tertiary/aromatic N) is 3. The van der Waals surface area contributed by atoms with Gasteiger partial charge in [0, 0.05) is 17.2 Å². The van der Waals surface area contributed by atoms with Gasteiger partial charge >= 0.3 is 0 Å². The summed E-state index contributed by atoms with van der Waals surface area (Å²) in [5, 5.41) is 7.68. The van der Waals surface area contributed by atoms with Gasteiger partial charge in [-0.1, -0.05) is 26.7 Å². The molecule has 0 amide bonds. The van der Waals surface area contributed by atoms with Gasteiger partial charge in [-0.15, -0.1) is 5.10 Å². The maximum absolute atomic E-state index is 4.41. The lowest BCUT2D eigenvalue weighted by atomic mass is 10.0. The van der Waals surface area contributed by atoms with Gasteiger partial charge in [-0.2, -0.15) is 4.98 Å². The maximum atomic E-state index is 4.41. The molecule has 1 N–H and O–H groups in total. The van der Waals surface area contributed by atoms with Crippen molar-refractivity contribution in [3.05, 3.63) is 22.8 Å². The van der Waals surface area contributed by atoms with E-state index in [1.54, 1.807) is 4.52 Å². The number of rotatable bonds is 5. The second-order valence-corrected chi connectivity index (χ2v) is 5.06. The van der Waals surface area contributed by atoms with Crippen LogP contribution >= 0.6 is 15.9 Å². The van der Waals surface area contributed by atoms with Crippen molar-refractivity contribution in [2.24, 2.45) is 5.92 Å². The third kappa shape index (κ3) is 2.97. The van der Waals surface area contributed by atoms with Crippen LogP contribution in [-0.2, 0) is 0 Å². The molecule has 2 aromatic heterocycles. The average molecular weight is 297 g/mol. The molecule has 0 saturated heterocycles. The van der Waals surface area contributed by atoms with Gasteiger partial charge in [0.1, 0.15) is 0 Å². The van der Waals surface area contributed by atoms with E-state index in [9.17, 15) is 0 Å². The lowest BCUT2D eigenvalue weighted by Gasteiger charge is -2.11. The van der Waals surface area contributed by atoms with Crippen LogP contribution in [0.2, 0.25) is 0 Å². The fraction of sp³-hybridized carbons (Fsp3) is 0.500. The molecule has 0 spiro atoms. The first-order chi connectivity index (χ1) is 8.22. The minimum atomic E-state index is 0.688. The smallest absolute Gasteiger partial charge is 0.243 e. The Balaban J connectivity index is 2.09. The summed E-state index contributed by atoms with van der Waals surface area (Å²) in [7, 11) is 0. The van der Waals surface area contributed by atoms with Crippen molar-refractivity contribution in [2.45, 2.75) is 26.7 Å². The van der Waals surface area contributed by atoms with E-state index in [1.165, 1.54) is 12.8 Å². The topological polar surface area (TPSA) is 42.2 Å². The molecule has 0 aliphatic rings. The van der Waals surface area contributed by atoms with Gasteiger partial charge in [0.2, 0.25) is 5.95 Å². The van der Waals surface area contributed by atoms with Crippen LogP contribution in [0.4, 0.5) is 5.95 Å². The van der Waals surface area contributed by atoms with Gasteiger partial charge in [-0.25, -0.2) is 4.52 Å². The zero-order chi connectivity index (χ0) is 12.3. The van der Waals surface area contributed by atoms with Crippen molar-refractivity contribution in [1.82, 2.24) is 14.6 Å². The molecule has 0 bridgehead atoms. The van der Waals surface area contributed by atoms with E-state index in [4.69, 9.17) is 0 Å². The van der Waals surface area contributed by atoms with E-state index in [0.717, 1.165) is 16.7 Å². The third-order valence-corrected chi connectivity index (χ3v) is 3.47. The number of halogens is 1. The lowest BCUT2D eigenvalue weighted by molar-refractivity contribution is 0.517. The predicted molar refractivity (Wildman–Crippen MR) is 73.2 cm³/mol. The summed E-state index contributed by atoms with van der Waals surface area (Å²) in [5.74, 6) is 1.39. The Bertz CT molecular complexity index is 490. The highest BCUT2D eigenvalue weighted by atomic mass is 79.9. The Hall–Kier alpha value is -1.10. The molecule has 2 heterocycles. The number of aromatic nitrogens is 3. The monoisotopic (exact) mass is 296 g/mol. The molecule has 4 nitrogen and oxygen atoms in total. The molecule has 0 aliphatic carbocycles. The van der Waals surface area contributed by atoms with E-state index < -0.39 is 0 Å². The fourth-order valence-corrected chi connectivity index (χ4v) is 2.07. The van der Waals surface area contributed by atoms with E-state index in [-0.39, 0.29) is 0 Å². The molecule has 5 heteroatoms. The van der Waals surface area contributed by atoms with Gasteiger partial charge in [-0.05, 0) is 34.0 Å². The van der Waals surface area contributed by atoms with E-state index in [0.29, 0.717) is 11.9 Å². The van der Waals surface area contributed by atoms with Gasteiger partial charge < -0.3 is 5.32 Å². The number of fused-ring (bicyclic) bond motifs is 1. The van der Waals surface area contributed by atoms with Crippen molar-refractivity contribution >= 4 is 27.5 Å². The predicted octanol–water partition coefficient (Wildman–Crippen LogP) is 3.34. The Kier molecular flexibility index (Phi) is 3.99. The molecular weight excluding hydrogens is 280 g/mol. The van der Waals surface area contributed by atoms with Crippen LogP contribution in [0.5, 0.6) is 0 Å². The molecule has 0 atom stereocenters. The largest absolute Gasteiger partial charge is 0.353 e. The van der Waals surface area contributed by atoms with Crippen molar-refractivity contribution < 1.29 is 0 Å². The number of nitrogens with one attached hydrogen (secondary N) is 1. The number of pyridine rings is 1. The molecule has 92 valence electrons. The number of hydrogen-bond acceptors (Lipinski definition) is 3. The maximum Gasteiger partial charge on any atom is 0.243 e. The second-order valence-electron chi connectivity index (χ2n) is 4.15. The van der Waals surface area contributed by atoms with Gasteiger partial charge in [0.25, 0.3) is 0 Å². The summed E-state index contributed by atoms with van der Waals surface area (Å²) < 4.78 is 2.78. The molecular formula is C12H17BrN4. The summed E-state index contributed by atoms with van der Waals surface area (Å²) in [6.45, 7) is 5.36. The highest BCUT2D eigenvalue weighted by molar-refractivity contribution is 9.10. The van der Waals surface area contributed by atoms with Crippen molar-refractivity contribution in [2.75, 3.05) is 11.9 Å². The molecule has 0 unspecified atom stereocenters. The van der Waals surface area contributed by atoms with Gasteiger partial charge in [0.15, 0.2) is 5.65 Å². The van der Waals surface area contributed by atoms with Crippen LogP contribution in [0, 0.1) is 5.92 Å². The zero-order valence-electron chi connectivity index (χ0n) is 10.2. The number of hydrogen-bond donors (Lipinski definition) is 1. The van der Waals surface area contributed by atoms with Crippen molar-refractivity contribution in [3.8, 4) is 0 Å². The summed E-state index contributed by atoms with van der Waals surface area (Å²) >= 11 is 3.42. The SMILES string of the molecule is CCC(CC)CNc1nc2ccc(Br)cn2n1. The van der Waals surface area contributed by atoms with Crippen molar-refractivity contribution in [3.63, 3.8) is 0 Å². The van der Waals surface area contributed by atoms with E-state index in [1.807, 2.05) is 18.3 Å². The van der Waals surface area contributed by atoms with E-state index in [2.05, 4.69) is 45.2 Å². The highest BCUT2D eigenvalue weighted by Gasteiger charge is 2.06. The fourth-order valence-electron chi connectivity index (χ4n) is 1.75. The van der Waals surface area contributed by atoms with Gasteiger partial charge in [-0.3, -0.25) is 0 Å². The average Bonchev–Trinajstić information content (AvgIpc) is 2.72. The highest BCUT2D eigenvalue weighted by Crippen LogP contribution is 2.13. The Morgan fingerprint density at radius 1 is 1.35 bits per heavy atom. The molecule has 2 aromatic rings. The molecule has 0 aromatic carbocycles. The minimum Gasteiger partial charge on any atom is -0.353 e. The summed E-state index contributed by atoms with van der Waals surface area (Å²) in [6, 6.07) is 3.91. The molecule has 0 fully saturated rings. The summed E-state index contributed by atoms with van der Waals surface area (Å²) in [6.07, 6.45) is 4.27. The van der Waals surface area contributed by atoms with Crippen LogP contribution in [0.25, 0.3) is 5.65 Å². The lowest BCUT2D eigenvalue weighted by Crippen LogP contribution is -2.13. The molecule has 0 aliphatic heterocycles. The van der Waals surface area contributed by atoms with Crippen LogP contribution in [-0.4, -0.2) is 21.1 Å². The first-order valence-electron chi connectivity index (χ1n) is 5.98. The van der Waals surface area contributed by atoms with Gasteiger partial charge in [0.05, 0.1) is 0 Å². The summed E-state index contributed by atoms with van der Waals surface area (Å²) in [4.78, 5) is 4.41. The van der Waals surface area contributed by atoms with Crippen LogP contribution < -0.4 is 5.32 Å². The molecule has 0 radical (unpaired) electrons.